The van der Waals surface area contributed by atoms with E-state index in [-0.39, 0.29) is 18.0 Å². The van der Waals surface area contributed by atoms with Gasteiger partial charge in [-0.2, -0.15) is 0 Å². The molecule has 0 aliphatic rings. The Morgan fingerprint density at radius 3 is 2.32 bits per heavy atom. The van der Waals surface area contributed by atoms with Crippen molar-refractivity contribution in [2.75, 3.05) is 26.1 Å². The number of carbonyl (C=O) groups is 1. The minimum Gasteiger partial charge on any atom is -0.493 e. The van der Waals surface area contributed by atoms with Gasteiger partial charge in [-0.3, -0.25) is 4.79 Å². The summed E-state index contributed by atoms with van der Waals surface area (Å²) in [5, 5.41) is 5.93. The zero-order chi connectivity index (χ0) is 14.5. The molecule has 0 aliphatic heterocycles. The molecule has 0 unspecified atom stereocenters. The van der Waals surface area contributed by atoms with E-state index in [4.69, 9.17) is 9.47 Å². The van der Waals surface area contributed by atoms with Crippen LogP contribution >= 0.6 is 0 Å². The van der Waals surface area contributed by atoms with Crippen molar-refractivity contribution in [2.45, 2.75) is 26.3 Å². The summed E-state index contributed by atoms with van der Waals surface area (Å²) in [6, 6.07) is 5.26. The number of rotatable bonds is 5. The van der Waals surface area contributed by atoms with Gasteiger partial charge >= 0.3 is 0 Å². The highest BCUT2D eigenvalue weighted by molar-refractivity contribution is 5.92. The Bertz CT molecular complexity index is 439. The minimum absolute atomic E-state index is 0.0884. The number of hydrogen-bond donors (Lipinski definition) is 2. The first kappa shape index (κ1) is 15.3. The van der Waals surface area contributed by atoms with Crippen LogP contribution in [0.5, 0.6) is 11.5 Å². The Labute approximate surface area is 114 Å². The maximum Gasteiger partial charge on any atom is 0.238 e. The largest absolute Gasteiger partial charge is 0.493 e. The van der Waals surface area contributed by atoms with Gasteiger partial charge in [-0.1, -0.05) is 0 Å². The van der Waals surface area contributed by atoms with Crippen molar-refractivity contribution in [3.05, 3.63) is 18.2 Å². The molecule has 0 bridgehead atoms. The van der Waals surface area contributed by atoms with Crippen molar-refractivity contribution in [2.24, 2.45) is 0 Å². The Hall–Kier alpha value is -1.75. The van der Waals surface area contributed by atoms with Crippen LogP contribution < -0.4 is 20.1 Å². The van der Waals surface area contributed by atoms with Crippen LogP contribution in [0.4, 0.5) is 5.69 Å². The zero-order valence-corrected chi connectivity index (χ0v) is 12.2. The van der Waals surface area contributed by atoms with Gasteiger partial charge in [0.1, 0.15) is 0 Å². The molecule has 106 valence electrons. The summed E-state index contributed by atoms with van der Waals surface area (Å²) in [6.07, 6.45) is 0. The lowest BCUT2D eigenvalue weighted by molar-refractivity contribution is -0.115. The quantitative estimate of drug-likeness (QED) is 0.856. The van der Waals surface area contributed by atoms with Gasteiger partial charge in [-0.15, -0.1) is 0 Å². The lowest BCUT2D eigenvalue weighted by atomic mass is 10.1. The second-order valence-electron chi connectivity index (χ2n) is 5.22. The maximum absolute atomic E-state index is 11.8. The number of nitrogens with one attached hydrogen (secondary N) is 2. The topological polar surface area (TPSA) is 59.6 Å². The van der Waals surface area contributed by atoms with E-state index in [9.17, 15) is 4.79 Å². The van der Waals surface area contributed by atoms with Crippen molar-refractivity contribution in [1.29, 1.82) is 0 Å². The summed E-state index contributed by atoms with van der Waals surface area (Å²) in [5.74, 6) is 1.12. The Morgan fingerprint density at radius 2 is 1.79 bits per heavy atom. The third kappa shape index (κ3) is 5.18. The molecule has 0 aromatic heterocycles. The molecule has 0 heterocycles. The molecular weight excluding hydrogens is 244 g/mol. The average Bonchev–Trinajstić information content (AvgIpc) is 2.35. The Kier molecular flexibility index (Phi) is 5.18. The fourth-order valence-electron chi connectivity index (χ4n) is 1.46. The van der Waals surface area contributed by atoms with E-state index in [0.29, 0.717) is 17.2 Å². The van der Waals surface area contributed by atoms with Crippen LogP contribution in [0.25, 0.3) is 0 Å². The highest BCUT2D eigenvalue weighted by Crippen LogP contribution is 2.29. The molecule has 0 fully saturated rings. The van der Waals surface area contributed by atoms with Crippen LogP contribution in [0.1, 0.15) is 20.8 Å². The molecule has 0 atom stereocenters. The number of anilines is 1. The normalized spacial score (nSPS) is 11.0. The standard InChI is InChI=1S/C14H22N2O3/c1-14(2,3)15-9-13(17)16-10-6-7-11(18-4)12(8-10)19-5/h6-8,15H,9H2,1-5H3,(H,16,17). The van der Waals surface area contributed by atoms with Crippen LogP contribution in [0.3, 0.4) is 0 Å². The molecule has 1 amide bonds. The lowest BCUT2D eigenvalue weighted by Crippen LogP contribution is -2.41. The maximum atomic E-state index is 11.8. The smallest absolute Gasteiger partial charge is 0.238 e. The van der Waals surface area contributed by atoms with Gasteiger partial charge < -0.3 is 20.1 Å². The van der Waals surface area contributed by atoms with Gasteiger partial charge in [0.05, 0.1) is 20.8 Å². The van der Waals surface area contributed by atoms with Crippen molar-refractivity contribution >= 4 is 11.6 Å². The molecule has 5 heteroatoms. The summed E-state index contributed by atoms with van der Waals surface area (Å²) < 4.78 is 10.3. The van der Waals surface area contributed by atoms with Crippen LogP contribution in [-0.4, -0.2) is 32.2 Å². The van der Waals surface area contributed by atoms with Crippen LogP contribution in [0.15, 0.2) is 18.2 Å². The number of benzene rings is 1. The third-order valence-electron chi connectivity index (χ3n) is 2.45. The predicted molar refractivity (Wildman–Crippen MR) is 75.9 cm³/mol. The van der Waals surface area contributed by atoms with E-state index in [0.717, 1.165) is 0 Å². The first-order chi connectivity index (χ1) is 8.85. The molecule has 0 radical (unpaired) electrons. The molecule has 5 nitrogen and oxygen atoms in total. The van der Waals surface area contributed by atoms with Gasteiger partial charge in [0.2, 0.25) is 5.91 Å². The summed E-state index contributed by atoms with van der Waals surface area (Å²) in [7, 11) is 3.13. The van der Waals surface area contributed by atoms with Crippen molar-refractivity contribution in [3.8, 4) is 11.5 Å². The van der Waals surface area contributed by atoms with Gasteiger partial charge in [-0.25, -0.2) is 0 Å². The van der Waals surface area contributed by atoms with E-state index in [1.54, 1.807) is 32.4 Å². The third-order valence-corrected chi connectivity index (χ3v) is 2.45. The number of hydrogen-bond acceptors (Lipinski definition) is 4. The van der Waals surface area contributed by atoms with Crippen molar-refractivity contribution < 1.29 is 14.3 Å². The molecule has 1 rings (SSSR count). The molecule has 1 aromatic rings. The molecular formula is C14H22N2O3. The highest BCUT2D eigenvalue weighted by atomic mass is 16.5. The second kappa shape index (κ2) is 6.43. The molecule has 0 aliphatic carbocycles. The number of carbonyl (C=O) groups excluding carboxylic acids is 1. The van der Waals surface area contributed by atoms with E-state index < -0.39 is 0 Å². The van der Waals surface area contributed by atoms with Gasteiger partial charge in [-0.05, 0) is 32.9 Å². The number of methoxy groups -OCH3 is 2. The average molecular weight is 266 g/mol. The molecule has 1 aromatic carbocycles. The van der Waals surface area contributed by atoms with E-state index in [1.165, 1.54) is 0 Å². The molecule has 0 saturated heterocycles. The van der Waals surface area contributed by atoms with E-state index in [2.05, 4.69) is 10.6 Å². The van der Waals surface area contributed by atoms with Crippen molar-refractivity contribution in [1.82, 2.24) is 5.32 Å². The second-order valence-corrected chi connectivity index (χ2v) is 5.22. The molecule has 0 spiro atoms. The van der Waals surface area contributed by atoms with Gasteiger partial charge in [0, 0.05) is 17.3 Å². The van der Waals surface area contributed by atoms with Crippen LogP contribution in [0.2, 0.25) is 0 Å². The molecule has 19 heavy (non-hydrogen) atoms. The molecule has 0 saturated carbocycles. The van der Waals surface area contributed by atoms with E-state index in [1.807, 2.05) is 20.8 Å². The summed E-state index contributed by atoms with van der Waals surface area (Å²) in [6.45, 7) is 6.29. The minimum atomic E-state index is -0.0952. The number of ether oxygens (including phenoxy) is 2. The monoisotopic (exact) mass is 266 g/mol. The number of amides is 1. The fraction of sp³-hybridized carbons (Fsp3) is 0.500. The van der Waals surface area contributed by atoms with Gasteiger partial charge in [0.25, 0.3) is 0 Å². The van der Waals surface area contributed by atoms with Crippen LogP contribution in [-0.2, 0) is 4.79 Å². The highest BCUT2D eigenvalue weighted by Gasteiger charge is 2.12. The lowest BCUT2D eigenvalue weighted by Gasteiger charge is -2.20. The fourth-order valence-corrected chi connectivity index (χ4v) is 1.46. The summed E-state index contributed by atoms with van der Waals surface area (Å²) in [4.78, 5) is 11.8. The van der Waals surface area contributed by atoms with Gasteiger partial charge in [0.15, 0.2) is 11.5 Å². The summed E-state index contributed by atoms with van der Waals surface area (Å²) >= 11 is 0. The van der Waals surface area contributed by atoms with E-state index >= 15 is 0 Å². The first-order valence-electron chi connectivity index (χ1n) is 6.12. The predicted octanol–water partition coefficient (Wildman–Crippen LogP) is 2.03. The molecule has 2 N–H and O–H groups in total. The van der Waals surface area contributed by atoms with Crippen LogP contribution in [0, 0.1) is 0 Å². The SMILES string of the molecule is COc1ccc(NC(=O)CNC(C)(C)C)cc1OC. The Morgan fingerprint density at radius 1 is 1.16 bits per heavy atom. The first-order valence-corrected chi connectivity index (χ1v) is 6.12. The van der Waals surface area contributed by atoms with Crippen molar-refractivity contribution in [3.63, 3.8) is 0 Å². The zero-order valence-electron chi connectivity index (χ0n) is 12.2. The summed E-state index contributed by atoms with van der Waals surface area (Å²) in [5.41, 5.74) is 0.591. The Balaban J connectivity index is 2.64.